The Hall–Kier alpha value is -0.220. The van der Waals surface area contributed by atoms with Crippen molar-refractivity contribution in [2.75, 3.05) is 5.88 Å². The van der Waals surface area contributed by atoms with Gasteiger partial charge in [0.15, 0.2) is 0 Å². The van der Waals surface area contributed by atoms with Crippen molar-refractivity contribution < 1.29 is 9.59 Å². The van der Waals surface area contributed by atoms with Crippen LogP contribution in [0.15, 0.2) is 0 Å². The van der Waals surface area contributed by atoms with Gasteiger partial charge in [0.25, 0.3) is 5.24 Å². The molecule has 0 aromatic heterocycles. The first-order valence-corrected chi connectivity index (χ1v) is 2.73. The Kier molecular flexibility index (Phi) is 3.64. The van der Waals surface area contributed by atoms with Crippen molar-refractivity contribution in [2.24, 2.45) is 0 Å². The number of thiol groups is 1. The summed E-state index contributed by atoms with van der Waals surface area (Å²) < 4.78 is 0. The normalized spacial score (nSPS) is 8.25. The second-order valence-electron chi connectivity index (χ2n) is 0.987. The Bertz CT molecular complexity index is 116. The highest BCUT2D eigenvalue weighted by molar-refractivity contribution is 7.96. The number of carbonyl (C=O) groups excluding carboxylic acids is 2. The van der Waals surface area contributed by atoms with E-state index >= 15 is 0 Å². The van der Waals surface area contributed by atoms with E-state index in [4.69, 9.17) is 11.6 Å². The Morgan fingerprint density at radius 2 is 2.12 bits per heavy atom. The summed E-state index contributed by atoms with van der Waals surface area (Å²) in [4.78, 5) is 20.0. The maximum Gasteiger partial charge on any atom is 0.282 e. The van der Waals surface area contributed by atoms with E-state index in [1.807, 2.05) is 5.32 Å². The number of imide groups is 1. The first kappa shape index (κ1) is 7.78. The molecular weight excluding hydrogens is 150 g/mol. The lowest BCUT2D eigenvalue weighted by Crippen LogP contribution is -2.26. The minimum Gasteiger partial charge on any atom is -0.286 e. The van der Waals surface area contributed by atoms with Crippen molar-refractivity contribution in [3.63, 3.8) is 0 Å². The minimum atomic E-state index is -0.685. The van der Waals surface area contributed by atoms with E-state index in [0.29, 0.717) is 0 Å². The second kappa shape index (κ2) is 3.74. The van der Waals surface area contributed by atoms with Gasteiger partial charge in [-0.2, -0.15) is 0 Å². The van der Waals surface area contributed by atoms with Gasteiger partial charge in [0.1, 0.15) is 5.88 Å². The number of hydrogen-bond donors (Lipinski definition) is 2. The van der Waals surface area contributed by atoms with Crippen molar-refractivity contribution in [2.45, 2.75) is 0 Å². The molecule has 2 amide bonds. The van der Waals surface area contributed by atoms with Crippen molar-refractivity contribution in [3.05, 3.63) is 0 Å². The molecule has 0 aromatic carbocycles. The van der Waals surface area contributed by atoms with E-state index < -0.39 is 11.1 Å². The Morgan fingerprint density at radius 1 is 1.62 bits per heavy atom. The number of alkyl halides is 1. The van der Waals surface area contributed by atoms with Crippen molar-refractivity contribution in [1.82, 2.24) is 5.32 Å². The molecule has 0 spiro atoms. The number of hydrogen-bond acceptors (Lipinski definition) is 2. The first-order chi connectivity index (χ1) is 3.66. The molecule has 0 saturated carbocycles. The number of rotatable bonds is 1. The third kappa shape index (κ3) is 3.95. The fraction of sp³-hybridized carbons (Fsp3) is 0.333. The molecule has 46 valence electrons. The molecule has 5 heteroatoms. The predicted molar refractivity (Wildman–Crippen MR) is 33.2 cm³/mol. The molecule has 0 bridgehead atoms. The number of nitrogens with one attached hydrogen (secondary N) is 1. The highest BCUT2D eigenvalue weighted by atomic mass is 35.5. The fourth-order valence-electron chi connectivity index (χ4n) is 0.153. The maximum absolute atomic E-state index is 10.1. The zero-order valence-electron chi connectivity index (χ0n) is 3.85. The molecule has 0 radical (unpaired) electrons. The quantitative estimate of drug-likeness (QED) is 0.423. The number of amides is 2. The van der Waals surface area contributed by atoms with Crippen molar-refractivity contribution >= 4 is 35.4 Å². The van der Waals surface area contributed by atoms with Gasteiger partial charge in [0.05, 0.1) is 0 Å². The van der Waals surface area contributed by atoms with Crippen LogP contribution in [0.2, 0.25) is 0 Å². The van der Waals surface area contributed by atoms with E-state index in [2.05, 4.69) is 12.6 Å². The van der Waals surface area contributed by atoms with E-state index in [9.17, 15) is 9.59 Å². The lowest BCUT2D eigenvalue weighted by atomic mass is 10.7. The Balaban J connectivity index is 3.40. The Labute approximate surface area is 56.8 Å². The molecule has 0 aliphatic heterocycles. The van der Waals surface area contributed by atoms with Crippen LogP contribution in [0.5, 0.6) is 0 Å². The van der Waals surface area contributed by atoms with Gasteiger partial charge in [0.2, 0.25) is 5.91 Å². The zero-order valence-corrected chi connectivity index (χ0v) is 5.50. The van der Waals surface area contributed by atoms with Crippen molar-refractivity contribution in [1.29, 1.82) is 0 Å². The summed E-state index contributed by atoms with van der Waals surface area (Å²) >= 11 is 8.26. The van der Waals surface area contributed by atoms with Crippen LogP contribution in [0.1, 0.15) is 0 Å². The monoisotopic (exact) mass is 153 g/mol. The van der Waals surface area contributed by atoms with Crippen LogP contribution in [0.25, 0.3) is 0 Å². The van der Waals surface area contributed by atoms with Gasteiger partial charge in [0, 0.05) is 0 Å². The van der Waals surface area contributed by atoms with E-state index in [1.165, 1.54) is 0 Å². The lowest BCUT2D eigenvalue weighted by Gasteiger charge is -1.90. The highest BCUT2D eigenvalue weighted by Gasteiger charge is 1.98. The topological polar surface area (TPSA) is 46.2 Å². The maximum atomic E-state index is 10.1. The molecule has 0 saturated heterocycles. The van der Waals surface area contributed by atoms with Gasteiger partial charge in [-0.05, 0) is 0 Å². The zero-order chi connectivity index (χ0) is 6.57. The van der Waals surface area contributed by atoms with Crippen LogP contribution < -0.4 is 5.32 Å². The summed E-state index contributed by atoms with van der Waals surface area (Å²) in [5.41, 5.74) is 0. The molecule has 0 aromatic rings. The number of carbonyl (C=O) groups is 2. The first-order valence-electron chi connectivity index (χ1n) is 1.75. The molecule has 1 N–H and O–H groups in total. The molecular formula is C3H4ClNO2S. The van der Waals surface area contributed by atoms with Gasteiger partial charge < -0.3 is 0 Å². The van der Waals surface area contributed by atoms with E-state index in [-0.39, 0.29) is 5.88 Å². The molecule has 0 aliphatic rings. The van der Waals surface area contributed by atoms with Gasteiger partial charge in [-0.3, -0.25) is 14.9 Å². The molecule has 0 unspecified atom stereocenters. The third-order valence-electron chi connectivity index (χ3n) is 0.368. The largest absolute Gasteiger partial charge is 0.286 e. The van der Waals surface area contributed by atoms with Crippen LogP contribution in [-0.4, -0.2) is 17.0 Å². The van der Waals surface area contributed by atoms with Crippen LogP contribution in [-0.2, 0) is 4.79 Å². The van der Waals surface area contributed by atoms with Crippen LogP contribution in [0.4, 0.5) is 4.79 Å². The van der Waals surface area contributed by atoms with E-state index in [1.54, 1.807) is 0 Å². The van der Waals surface area contributed by atoms with Gasteiger partial charge in [-0.25, -0.2) is 0 Å². The van der Waals surface area contributed by atoms with Gasteiger partial charge in [-0.15, -0.1) is 11.6 Å². The van der Waals surface area contributed by atoms with Gasteiger partial charge in [-0.1, -0.05) is 12.6 Å². The summed E-state index contributed by atoms with van der Waals surface area (Å²) in [7, 11) is 0. The molecule has 0 fully saturated rings. The molecule has 3 nitrogen and oxygen atoms in total. The smallest absolute Gasteiger partial charge is 0.282 e. The molecule has 0 aliphatic carbocycles. The summed E-state index contributed by atoms with van der Waals surface area (Å²) in [6.45, 7) is 0. The van der Waals surface area contributed by atoms with Gasteiger partial charge >= 0.3 is 0 Å². The van der Waals surface area contributed by atoms with Crippen LogP contribution in [0, 0.1) is 0 Å². The summed E-state index contributed by atoms with van der Waals surface area (Å²) in [6, 6.07) is 0. The molecule has 0 rings (SSSR count). The fourth-order valence-corrected chi connectivity index (χ4v) is 0.344. The Morgan fingerprint density at radius 3 is 2.25 bits per heavy atom. The predicted octanol–water partition coefficient (Wildman–Crippen LogP) is 0.391. The van der Waals surface area contributed by atoms with Crippen molar-refractivity contribution in [3.8, 4) is 0 Å². The SMILES string of the molecule is O=C(S)NC(=O)CCl. The highest BCUT2D eigenvalue weighted by Crippen LogP contribution is 1.78. The van der Waals surface area contributed by atoms with Crippen LogP contribution in [0.3, 0.4) is 0 Å². The lowest BCUT2D eigenvalue weighted by molar-refractivity contribution is -0.117. The summed E-state index contributed by atoms with van der Waals surface area (Å²) in [5.74, 6) is -0.751. The third-order valence-corrected chi connectivity index (χ3v) is 0.722. The van der Waals surface area contributed by atoms with E-state index in [0.717, 1.165) is 0 Å². The summed E-state index contributed by atoms with van der Waals surface area (Å²) in [6.07, 6.45) is 0. The number of halogens is 1. The molecule has 0 atom stereocenters. The summed E-state index contributed by atoms with van der Waals surface area (Å²) in [5, 5.41) is 1.16. The average Bonchev–Trinajstić information content (AvgIpc) is 1.65. The average molecular weight is 154 g/mol. The standard InChI is InChI=1S/C3H4ClNO2S/c4-1-2(6)5-3(7)8/h1H2,(H2,5,6,7,8). The minimum absolute atomic E-state index is 0.216. The molecule has 0 heterocycles. The van der Waals surface area contributed by atoms with Crippen LogP contribution >= 0.6 is 24.2 Å². The molecule has 8 heavy (non-hydrogen) atoms. The second-order valence-corrected chi connectivity index (χ2v) is 1.66.